The van der Waals surface area contributed by atoms with E-state index in [2.05, 4.69) is 0 Å². The van der Waals surface area contributed by atoms with Gasteiger partial charge in [0.2, 0.25) is 5.76 Å². The molecular weight excluding hydrogens is 322 g/mol. The third-order valence-corrected chi connectivity index (χ3v) is 4.66. The molecular formula is C18H17N3O4. The smallest absolute Gasteiger partial charge is 0.371 e. The van der Waals surface area contributed by atoms with Crippen molar-refractivity contribution < 1.29 is 19.1 Å². The minimum Gasteiger partial charge on any atom is -0.475 e. The van der Waals surface area contributed by atoms with Crippen LogP contribution in [0.25, 0.3) is 11.0 Å². The van der Waals surface area contributed by atoms with Gasteiger partial charge in [0.05, 0.1) is 17.1 Å². The topological polar surface area (TPSA) is 88.6 Å². The van der Waals surface area contributed by atoms with Gasteiger partial charge in [-0.25, -0.2) is 9.78 Å². The fourth-order valence-electron chi connectivity index (χ4n) is 3.45. The quantitative estimate of drug-likeness (QED) is 0.792. The molecule has 128 valence electrons. The number of aromatic nitrogens is 2. The number of carboxylic acid groups (broad SMARTS) is 1. The number of carbonyl (C=O) groups excluding carboxylic acids is 1. The van der Waals surface area contributed by atoms with E-state index in [0.29, 0.717) is 6.54 Å². The van der Waals surface area contributed by atoms with E-state index < -0.39 is 5.97 Å². The van der Waals surface area contributed by atoms with Crippen LogP contribution >= 0.6 is 0 Å². The number of carboxylic acids is 1. The number of carbonyl (C=O) groups is 2. The molecule has 1 aliphatic rings. The number of fused-ring (bicyclic) bond motifs is 1. The lowest BCUT2D eigenvalue weighted by Crippen LogP contribution is -2.31. The van der Waals surface area contributed by atoms with Crippen molar-refractivity contribution in [1.82, 2.24) is 14.5 Å². The van der Waals surface area contributed by atoms with Gasteiger partial charge in [-0.3, -0.25) is 4.79 Å². The zero-order valence-electron chi connectivity index (χ0n) is 13.7. The molecule has 1 amide bonds. The summed E-state index contributed by atoms with van der Waals surface area (Å²) in [6, 6.07) is 10.4. The molecule has 1 N–H and O–H groups in total. The number of amides is 1. The zero-order valence-corrected chi connectivity index (χ0v) is 13.7. The van der Waals surface area contributed by atoms with Crippen LogP contribution in [0.15, 0.2) is 40.8 Å². The van der Waals surface area contributed by atoms with Gasteiger partial charge in [0.1, 0.15) is 5.82 Å². The Morgan fingerprint density at radius 3 is 2.68 bits per heavy atom. The summed E-state index contributed by atoms with van der Waals surface area (Å²) in [6.07, 6.45) is 1.68. The molecule has 0 aliphatic carbocycles. The van der Waals surface area contributed by atoms with Gasteiger partial charge in [-0.1, -0.05) is 12.1 Å². The van der Waals surface area contributed by atoms with Crippen molar-refractivity contribution in [3.05, 3.63) is 53.7 Å². The number of aryl methyl sites for hydroxylation is 1. The Labute approximate surface area is 143 Å². The zero-order chi connectivity index (χ0) is 17.6. The number of rotatable bonds is 3. The molecule has 4 rings (SSSR count). The van der Waals surface area contributed by atoms with Gasteiger partial charge in [0.25, 0.3) is 5.91 Å². The molecule has 2 aromatic heterocycles. The average Bonchev–Trinajstić information content (AvgIpc) is 3.33. The largest absolute Gasteiger partial charge is 0.475 e. The fourth-order valence-corrected chi connectivity index (χ4v) is 3.45. The van der Waals surface area contributed by atoms with Crippen molar-refractivity contribution in [2.75, 3.05) is 6.54 Å². The second kappa shape index (κ2) is 5.77. The summed E-state index contributed by atoms with van der Waals surface area (Å²) in [5.74, 6) is -0.851. The van der Waals surface area contributed by atoms with Crippen molar-refractivity contribution in [2.45, 2.75) is 18.9 Å². The maximum absolute atomic E-state index is 12.8. The van der Waals surface area contributed by atoms with Gasteiger partial charge in [-0.2, -0.15) is 0 Å². The highest BCUT2D eigenvalue weighted by Gasteiger charge is 2.35. The number of benzene rings is 1. The number of hydrogen-bond donors (Lipinski definition) is 1. The first-order chi connectivity index (χ1) is 12.1. The molecule has 1 fully saturated rings. The van der Waals surface area contributed by atoms with Crippen LogP contribution in [0, 0.1) is 0 Å². The molecule has 1 atom stereocenters. The standard InChI is InChI=1S/C18H17N3O4/c1-20-12-6-3-2-5-11(12)19-16(20)13-7-4-10-21(13)17(22)14-8-9-15(25-14)18(23)24/h2-3,5-6,8-9,13H,4,7,10H2,1H3,(H,23,24). The first-order valence-corrected chi connectivity index (χ1v) is 8.11. The van der Waals surface area contributed by atoms with Crippen molar-refractivity contribution in [3.63, 3.8) is 0 Å². The minimum absolute atomic E-state index is 0.0445. The van der Waals surface area contributed by atoms with Crippen LogP contribution in [0.4, 0.5) is 0 Å². The number of nitrogens with zero attached hydrogens (tertiary/aromatic N) is 3. The first-order valence-electron chi connectivity index (χ1n) is 8.11. The highest BCUT2D eigenvalue weighted by atomic mass is 16.4. The summed E-state index contributed by atoms with van der Waals surface area (Å²) in [5, 5.41) is 8.96. The molecule has 0 saturated carbocycles. The fraction of sp³-hybridized carbons (Fsp3) is 0.278. The summed E-state index contributed by atoms with van der Waals surface area (Å²) in [7, 11) is 1.95. The van der Waals surface area contributed by atoms with Crippen LogP contribution in [-0.2, 0) is 7.05 Å². The second-order valence-electron chi connectivity index (χ2n) is 6.14. The molecule has 0 spiro atoms. The van der Waals surface area contributed by atoms with Gasteiger partial charge in [-0.15, -0.1) is 0 Å². The Bertz CT molecular complexity index is 972. The number of likely N-dealkylation sites (tertiary alicyclic amines) is 1. The maximum Gasteiger partial charge on any atom is 0.371 e. The van der Waals surface area contributed by atoms with Gasteiger partial charge in [0, 0.05) is 13.6 Å². The van der Waals surface area contributed by atoms with Crippen LogP contribution in [0.5, 0.6) is 0 Å². The Hall–Kier alpha value is -3.09. The molecule has 1 unspecified atom stereocenters. The lowest BCUT2D eigenvalue weighted by molar-refractivity contribution is 0.0643. The van der Waals surface area contributed by atoms with E-state index in [1.807, 2.05) is 35.9 Å². The van der Waals surface area contributed by atoms with E-state index in [9.17, 15) is 9.59 Å². The number of imidazole rings is 1. The van der Waals surface area contributed by atoms with E-state index in [1.165, 1.54) is 12.1 Å². The van der Waals surface area contributed by atoms with Crippen LogP contribution in [0.1, 0.15) is 45.8 Å². The van der Waals surface area contributed by atoms with E-state index in [1.54, 1.807) is 4.90 Å². The number of para-hydroxylation sites is 2. The lowest BCUT2D eigenvalue weighted by Gasteiger charge is -2.23. The average molecular weight is 339 g/mol. The molecule has 0 bridgehead atoms. The lowest BCUT2D eigenvalue weighted by atomic mass is 10.2. The molecule has 7 heteroatoms. The molecule has 25 heavy (non-hydrogen) atoms. The van der Waals surface area contributed by atoms with Crippen LogP contribution in [0.2, 0.25) is 0 Å². The first kappa shape index (κ1) is 15.4. The minimum atomic E-state index is -1.19. The van der Waals surface area contributed by atoms with Crippen molar-refractivity contribution in [2.24, 2.45) is 7.05 Å². The summed E-state index contributed by atoms with van der Waals surface area (Å²) >= 11 is 0. The van der Waals surface area contributed by atoms with Crippen molar-refractivity contribution in [1.29, 1.82) is 0 Å². The van der Waals surface area contributed by atoms with Crippen molar-refractivity contribution >= 4 is 22.9 Å². The molecule has 0 radical (unpaired) electrons. The molecule has 1 saturated heterocycles. The van der Waals surface area contributed by atoms with Gasteiger partial charge >= 0.3 is 5.97 Å². The summed E-state index contributed by atoms with van der Waals surface area (Å²) in [6.45, 7) is 0.593. The Morgan fingerprint density at radius 1 is 1.20 bits per heavy atom. The van der Waals surface area contributed by atoms with Gasteiger partial charge < -0.3 is 19.0 Å². The predicted molar refractivity (Wildman–Crippen MR) is 89.4 cm³/mol. The van der Waals surface area contributed by atoms with E-state index in [-0.39, 0.29) is 23.5 Å². The Morgan fingerprint density at radius 2 is 1.96 bits per heavy atom. The molecule has 3 aromatic rings. The molecule has 7 nitrogen and oxygen atoms in total. The van der Waals surface area contributed by atoms with Crippen LogP contribution < -0.4 is 0 Å². The van der Waals surface area contributed by atoms with E-state index >= 15 is 0 Å². The Balaban J connectivity index is 1.68. The summed E-state index contributed by atoms with van der Waals surface area (Å²) in [4.78, 5) is 30.2. The van der Waals surface area contributed by atoms with Gasteiger partial charge in [-0.05, 0) is 37.1 Å². The number of furan rings is 1. The van der Waals surface area contributed by atoms with Gasteiger partial charge in [0.15, 0.2) is 5.76 Å². The predicted octanol–water partition coefficient (Wildman–Crippen LogP) is 2.84. The molecule has 1 aliphatic heterocycles. The number of aromatic carboxylic acids is 1. The summed E-state index contributed by atoms with van der Waals surface area (Å²) in [5.41, 5.74) is 1.91. The molecule has 1 aromatic carbocycles. The Kier molecular flexibility index (Phi) is 3.56. The van der Waals surface area contributed by atoms with E-state index in [4.69, 9.17) is 14.5 Å². The second-order valence-corrected chi connectivity index (χ2v) is 6.14. The van der Waals surface area contributed by atoms with Crippen LogP contribution in [-0.4, -0.2) is 38.0 Å². The van der Waals surface area contributed by atoms with Crippen molar-refractivity contribution in [3.8, 4) is 0 Å². The third-order valence-electron chi connectivity index (χ3n) is 4.66. The highest BCUT2D eigenvalue weighted by molar-refractivity contribution is 5.94. The number of hydrogen-bond acceptors (Lipinski definition) is 4. The maximum atomic E-state index is 12.8. The van der Waals surface area contributed by atoms with Crippen LogP contribution in [0.3, 0.4) is 0 Å². The third kappa shape index (κ3) is 2.48. The SMILES string of the molecule is Cn1c(C2CCCN2C(=O)c2ccc(C(=O)O)o2)nc2ccccc21. The monoisotopic (exact) mass is 339 g/mol. The highest BCUT2D eigenvalue weighted by Crippen LogP contribution is 2.34. The van der Waals surface area contributed by atoms with E-state index in [0.717, 1.165) is 29.7 Å². The molecule has 3 heterocycles. The summed E-state index contributed by atoms with van der Waals surface area (Å²) < 4.78 is 7.19. The normalized spacial score (nSPS) is 17.3.